The maximum absolute atomic E-state index is 13.4. The van der Waals surface area contributed by atoms with Gasteiger partial charge < -0.3 is 9.72 Å². The van der Waals surface area contributed by atoms with Crippen LogP contribution in [0.1, 0.15) is 47.8 Å². The zero-order valence-electron chi connectivity index (χ0n) is 16.9. The molecule has 0 fully saturated rings. The number of nitrogens with zero attached hydrogens (tertiary/aromatic N) is 1. The normalized spacial score (nSPS) is 11.0. The first-order valence-corrected chi connectivity index (χ1v) is 9.21. The third-order valence-electron chi connectivity index (χ3n) is 4.73. The second kappa shape index (κ2) is 7.76. The Morgan fingerprint density at radius 1 is 1.10 bits per heavy atom. The van der Waals surface area contributed by atoms with Gasteiger partial charge in [-0.3, -0.25) is 9.59 Å². The lowest BCUT2D eigenvalue weighted by molar-refractivity contribution is 0.103. The molecule has 0 aliphatic rings. The molecule has 0 aliphatic carbocycles. The van der Waals surface area contributed by atoms with Gasteiger partial charge in [-0.2, -0.15) is 5.26 Å². The minimum absolute atomic E-state index is 0.234. The van der Waals surface area contributed by atoms with Crippen molar-refractivity contribution in [1.29, 1.82) is 5.26 Å². The number of ether oxygens (including phenoxy) is 1. The first-order valence-electron chi connectivity index (χ1n) is 9.21. The summed E-state index contributed by atoms with van der Waals surface area (Å²) in [4.78, 5) is 28.4. The van der Waals surface area contributed by atoms with Gasteiger partial charge in [0.25, 0.3) is 5.56 Å². The Bertz CT molecular complexity index is 1180. The van der Waals surface area contributed by atoms with E-state index < -0.39 is 0 Å². The molecule has 1 heterocycles. The van der Waals surface area contributed by atoms with Gasteiger partial charge in [0.05, 0.1) is 24.3 Å². The molecule has 5 nitrogen and oxygen atoms in total. The first-order chi connectivity index (χ1) is 13.8. The minimum Gasteiger partial charge on any atom is -0.496 e. The molecule has 0 aliphatic heterocycles. The van der Waals surface area contributed by atoms with Crippen molar-refractivity contribution in [1.82, 2.24) is 4.98 Å². The zero-order valence-corrected chi connectivity index (χ0v) is 16.9. The fourth-order valence-electron chi connectivity index (χ4n) is 3.26. The standard InChI is InChI=1S/C24H22N2O3/c1-24(2,3)20-13-17(18-9-6-10-26-23(18)28)12-19(22(20)29-4)21(27)16-8-5-7-15(11-16)14-25/h5-13H,1-4H3,(H,26,28). The van der Waals surface area contributed by atoms with Gasteiger partial charge in [-0.15, -0.1) is 0 Å². The fourth-order valence-corrected chi connectivity index (χ4v) is 3.26. The van der Waals surface area contributed by atoms with Crippen LogP contribution in [0.15, 0.2) is 59.5 Å². The summed E-state index contributed by atoms with van der Waals surface area (Å²) in [6, 6.07) is 15.6. The van der Waals surface area contributed by atoms with E-state index in [1.54, 1.807) is 48.7 Å². The highest BCUT2D eigenvalue weighted by molar-refractivity contribution is 6.11. The average Bonchev–Trinajstić information content (AvgIpc) is 2.72. The lowest BCUT2D eigenvalue weighted by atomic mass is 9.82. The van der Waals surface area contributed by atoms with Crippen molar-refractivity contribution in [3.8, 4) is 22.9 Å². The highest BCUT2D eigenvalue weighted by atomic mass is 16.5. The maximum Gasteiger partial charge on any atom is 0.255 e. The largest absolute Gasteiger partial charge is 0.496 e. The second-order valence-electron chi connectivity index (χ2n) is 7.79. The molecule has 0 atom stereocenters. The van der Waals surface area contributed by atoms with Crippen LogP contribution in [0, 0.1) is 11.3 Å². The molecular formula is C24H22N2O3. The maximum atomic E-state index is 13.4. The average molecular weight is 386 g/mol. The number of aromatic nitrogens is 1. The number of hydrogen-bond acceptors (Lipinski definition) is 4. The van der Waals surface area contributed by atoms with E-state index in [1.165, 1.54) is 7.11 Å². The SMILES string of the molecule is COc1c(C(=O)c2cccc(C#N)c2)cc(-c2ccc[nH]c2=O)cc1C(C)(C)C. The van der Waals surface area contributed by atoms with Crippen molar-refractivity contribution in [3.63, 3.8) is 0 Å². The van der Waals surface area contributed by atoms with E-state index in [-0.39, 0.29) is 16.8 Å². The summed E-state index contributed by atoms with van der Waals surface area (Å²) in [5, 5.41) is 9.17. The topological polar surface area (TPSA) is 82.9 Å². The van der Waals surface area contributed by atoms with Gasteiger partial charge in [0.1, 0.15) is 5.75 Å². The number of hydrogen-bond donors (Lipinski definition) is 1. The number of carbonyl (C=O) groups is 1. The van der Waals surface area contributed by atoms with Crippen molar-refractivity contribution < 1.29 is 9.53 Å². The molecule has 29 heavy (non-hydrogen) atoms. The summed E-state index contributed by atoms with van der Waals surface area (Å²) in [7, 11) is 1.53. The lowest BCUT2D eigenvalue weighted by Crippen LogP contribution is -2.17. The van der Waals surface area contributed by atoms with Crippen molar-refractivity contribution in [2.75, 3.05) is 7.11 Å². The van der Waals surface area contributed by atoms with Gasteiger partial charge in [-0.05, 0) is 47.4 Å². The van der Waals surface area contributed by atoms with Crippen LogP contribution in [0.3, 0.4) is 0 Å². The molecule has 1 N–H and O–H groups in total. The molecular weight excluding hydrogens is 364 g/mol. The summed E-state index contributed by atoms with van der Waals surface area (Å²) < 4.78 is 5.65. The summed E-state index contributed by atoms with van der Waals surface area (Å²) in [6.45, 7) is 6.07. The molecule has 5 heteroatoms. The van der Waals surface area contributed by atoms with E-state index in [2.05, 4.69) is 11.1 Å². The van der Waals surface area contributed by atoms with Gasteiger partial charge >= 0.3 is 0 Å². The third kappa shape index (κ3) is 3.97. The summed E-state index contributed by atoms with van der Waals surface area (Å²) in [5.41, 5.74) is 2.52. The zero-order chi connectivity index (χ0) is 21.2. The fraction of sp³-hybridized carbons (Fsp3) is 0.208. The molecule has 146 valence electrons. The Morgan fingerprint density at radius 2 is 1.86 bits per heavy atom. The van der Waals surface area contributed by atoms with E-state index in [0.29, 0.717) is 33.6 Å². The van der Waals surface area contributed by atoms with Crippen LogP contribution < -0.4 is 10.3 Å². The monoisotopic (exact) mass is 386 g/mol. The number of benzene rings is 2. The molecule has 0 radical (unpaired) electrons. The number of nitrogens with one attached hydrogen (secondary N) is 1. The van der Waals surface area contributed by atoms with E-state index >= 15 is 0 Å². The smallest absolute Gasteiger partial charge is 0.255 e. The third-order valence-corrected chi connectivity index (χ3v) is 4.73. The number of aromatic amines is 1. The van der Waals surface area contributed by atoms with E-state index in [1.807, 2.05) is 26.8 Å². The van der Waals surface area contributed by atoms with Gasteiger partial charge in [0.15, 0.2) is 5.78 Å². The van der Waals surface area contributed by atoms with Gasteiger partial charge in [0.2, 0.25) is 0 Å². The van der Waals surface area contributed by atoms with Crippen molar-refractivity contribution in [2.24, 2.45) is 0 Å². The number of methoxy groups -OCH3 is 1. The molecule has 0 bridgehead atoms. The second-order valence-corrected chi connectivity index (χ2v) is 7.79. The summed E-state index contributed by atoms with van der Waals surface area (Å²) in [5.74, 6) is 0.208. The molecule has 0 amide bonds. The quantitative estimate of drug-likeness (QED) is 0.672. The van der Waals surface area contributed by atoms with Crippen LogP contribution >= 0.6 is 0 Å². The van der Waals surface area contributed by atoms with Gasteiger partial charge in [0, 0.05) is 22.9 Å². The van der Waals surface area contributed by atoms with Crippen molar-refractivity contribution >= 4 is 5.78 Å². The van der Waals surface area contributed by atoms with Crippen LogP contribution in [0.2, 0.25) is 0 Å². The molecule has 0 saturated heterocycles. The molecule has 2 aromatic carbocycles. The molecule has 0 saturated carbocycles. The number of carbonyl (C=O) groups excluding carboxylic acids is 1. The van der Waals surface area contributed by atoms with Crippen LogP contribution in [0.4, 0.5) is 0 Å². The summed E-state index contributed by atoms with van der Waals surface area (Å²) in [6.07, 6.45) is 1.57. The van der Waals surface area contributed by atoms with E-state index in [4.69, 9.17) is 10.00 Å². The highest BCUT2D eigenvalue weighted by Gasteiger charge is 2.26. The Kier molecular flexibility index (Phi) is 5.38. The Labute approximate surface area is 169 Å². The number of pyridine rings is 1. The van der Waals surface area contributed by atoms with Gasteiger partial charge in [-0.1, -0.05) is 32.9 Å². The molecule has 3 aromatic rings. The molecule has 0 spiro atoms. The number of H-pyrrole nitrogens is 1. The predicted molar refractivity (Wildman–Crippen MR) is 112 cm³/mol. The molecule has 3 rings (SSSR count). The van der Waals surface area contributed by atoms with Crippen LogP contribution in [0.25, 0.3) is 11.1 Å². The van der Waals surface area contributed by atoms with E-state index in [0.717, 1.165) is 5.56 Å². The number of ketones is 1. The van der Waals surface area contributed by atoms with Crippen LogP contribution in [-0.4, -0.2) is 17.9 Å². The predicted octanol–water partition coefficient (Wildman–Crippen LogP) is 4.45. The Balaban J connectivity index is 2.31. The number of rotatable bonds is 4. The van der Waals surface area contributed by atoms with Crippen molar-refractivity contribution in [3.05, 3.63) is 87.3 Å². The van der Waals surface area contributed by atoms with Crippen LogP contribution in [-0.2, 0) is 5.41 Å². The summed E-state index contributed by atoms with van der Waals surface area (Å²) >= 11 is 0. The van der Waals surface area contributed by atoms with Crippen molar-refractivity contribution in [2.45, 2.75) is 26.2 Å². The molecule has 0 unspecified atom stereocenters. The highest BCUT2D eigenvalue weighted by Crippen LogP contribution is 2.38. The Morgan fingerprint density at radius 3 is 2.48 bits per heavy atom. The molecule has 1 aromatic heterocycles. The van der Waals surface area contributed by atoms with E-state index in [9.17, 15) is 9.59 Å². The Hall–Kier alpha value is -3.65. The lowest BCUT2D eigenvalue weighted by Gasteiger charge is -2.25. The van der Waals surface area contributed by atoms with Gasteiger partial charge in [-0.25, -0.2) is 0 Å². The number of nitriles is 1. The van der Waals surface area contributed by atoms with Crippen LogP contribution in [0.5, 0.6) is 5.75 Å². The first kappa shape index (κ1) is 20.1. The minimum atomic E-state index is -0.327.